The fourth-order valence-electron chi connectivity index (χ4n) is 4.80. The number of carboxylic acid groups (broad SMARTS) is 1. The number of carboxylic acids is 1. The van der Waals surface area contributed by atoms with Crippen molar-refractivity contribution in [1.82, 2.24) is 29.6 Å². The monoisotopic (exact) mass is 617 g/mol. The number of ether oxygens (including phenoxy) is 2. The molecule has 230 valence electrons. The number of rotatable bonds is 11. The summed E-state index contributed by atoms with van der Waals surface area (Å²) in [5.41, 5.74) is 4.85. The van der Waals surface area contributed by atoms with Crippen LogP contribution in [0.4, 0.5) is 5.95 Å². The lowest BCUT2D eigenvalue weighted by Crippen LogP contribution is -2.45. The Balaban J connectivity index is 1.44. The van der Waals surface area contributed by atoms with Gasteiger partial charge in [0.1, 0.15) is 29.6 Å². The van der Waals surface area contributed by atoms with Gasteiger partial charge in [-0.1, -0.05) is 19.9 Å². The highest BCUT2D eigenvalue weighted by molar-refractivity contribution is 7.52. The first-order chi connectivity index (χ1) is 20.3. The van der Waals surface area contributed by atoms with Crippen LogP contribution in [0.15, 0.2) is 42.9 Å². The van der Waals surface area contributed by atoms with Crippen molar-refractivity contribution in [3.63, 3.8) is 0 Å². The third-order valence-corrected chi connectivity index (χ3v) is 8.59. The van der Waals surface area contributed by atoms with E-state index >= 15 is 0 Å². The van der Waals surface area contributed by atoms with Crippen LogP contribution in [-0.2, 0) is 18.6 Å². The number of nitrogen functional groups attached to an aromatic ring is 1. The number of aliphatic hydroxyl groups excluding tert-OH is 1. The first-order valence-electron chi connectivity index (χ1n) is 13.2. The number of aliphatic carboxylic acids is 1. The molecule has 1 fully saturated rings. The molecule has 1 aromatic carbocycles. The SMILES string of the molecule is COc1nc(N)nc2c1ncn2C1O[C@H](COP(=O)(NC(C(=O)O)C(C)C)Oc2cccc3ncccc23)[C@@H](O)[C@@]1(C)O. The van der Waals surface area contributed by atoms with E-state index in [1.807, 2.05) is 0 Å². The van der Waals surface area contributed by atoms with E-state index in [9.17, 15) is 24.7 Å². The maximum atomic E-state index is 14.2. The molecule has 1 aliphatic rings. The van der Waals surface area contributed by atoms with Crippen LogP contribution in [0.2, 0.25) is 0 Å². The number of hydrogen-bond acceptors (Lipinski definition) is 13. The number of benzene rings is 1. The summed E-state index contributed by atoms with van der Waals surface area (Å²) in [6.45, 7) is 4.03. The second-order valence-electron chi connectivity index (χ2n) is 10.5. The molecule has 4 aromatic rings. The lowest BCUT2D eigenvalue weighted by molar-refractivity contribution is -0.140. The van der Waals surface area contributed by atoms with E-state index < -0.39 is 56.3 Å². The average molecular weight is 618 g/mol. The number of nitrogens with one attached hydrogen (secondary N) is 1. The van der Waals surface area contributed by atoms with Crippen molar-refractivity contribution in [1.29, 1.82) is 0 Å². The number of imidazole rings is 1. The molecule has 0 amide bonds. The van der Waals surface area contributed by atoms with Gasteiger partial charge in [0.05, 0.1) is 25.6 Å². The zero-order valence-corrected chi connectivity index (χ0v) is 24.6. The third-order valence-electron chi connectivity index (χ3n) is 7.07. The van der Waals surface area contributed by atoms with Crippen LogP contribution in [0.25, 0.3) is 22.1 Å². The van der Waals surface area contributed by atoms with E-state index in [0.717, 1.165) is 0 Å². The molecule has 0 spiro atoms. The number of nitrogens with zero attached hydrogens (tertiary/aromatic N) is 5. The molecule has 1 aliphatic heterocycles. The highest BCUT2D eigenvalue weighted by Gasteiger charge is 2.54. The van der Waals surface area contributed by atoms with Crippen LogP contribution in [0, 0.1) is 5.92 Å². The van der Waals surface area contributed by atoms with Gasteiger partial charge in [0.25, 0.3) is 0 Å². The first kappa shape index (κ1) is 30.5. The van der Waals surface area contributed by atoms with Gasteiger partial charge in [-0.25, -0.2) is 9.55 Å². The lowest BCUT2D eigenvalue weighted by atomic mass is 9.96. The Morgan fingerprint density at radius 3 is 2.72 bits per heavy atom. The minimum Gasteiger partial charge on any atom is -0.480 e. The zero-order valence-electron chi connectivity index (χ0n) is 23.7. The highest BCUT2D eigenvalue weighted by Crippen LogP contribution is 2.49. The molecule has 16 nitrogen and oxygen atoms in total. The number of anilines is 1. The van der Waals surface area contributed by atoms with E-state index in [1.165, 1.54) is 24.9 Å². The Hall–Kier alpha value is -3.92. The molecule has 3 unspecified atom stereocenters. The van der Waals surface area contributed by atoms with Crippen LogP contribution >= 0.6 is 7.75 Å². The Bertz CT molecular complexity index is 1690. The summed E-state index contributed by atoms with van der Waals surface area (Å²) in [4.78, 5) is 28.6. The van der Waals surface area contributed by atoms with Crippen molar-refractivity contribution in [3.05, 3.63) is 42.9 Å². The van der Waals surface area contributed by atoms with Crippen LogP contribution in [0.3, 0.4) is 0 Å². The van der Waals surface area contributed by atoms with Crippen molar-refractivity contribution in [2.45, 2.75) is 50.8 Å². The summed E-state index contributed by atoms with van der Waals surface area (Å²) in [6.07, 6.45) is -1.17. The number of hydrogen-bond donors (Lipinski definition) is 5. The lowest BCUT2D eigenvalue weighted by Gasteiger charge is -2.28. The van der Waals surface area contributed by atoms with Gasteiger partial charge in [-0.3, -0.25) is 18.9 Å². The van der Waals surface area contributed by atoms with E-state index in [4.69, 9.17) is 24.3 Å². The van der Waals surface area contributed by atoms with E-state index in [1.54, 1.807) is 50.4 Å². The summed E-state index contributed by atoms with van der Waals surface area (Å²) in [5.74, 6) is -1.67. The Morgan fingerprint density at radius 1 is 1.26 bits per heavy atom. The van der Waals surface area contributed by atoms with Gasteiger partial charge in [0.2, 0.25) is 11.8 Å². The minimum absolute atomic E-state index is 0.102. The van der Waals surface area contributed by atoms with Crippen molar-refractivity contribution < 1.29 is 43.2 Å². The Labute approximate surface area is 245 Å². The fraction of sp³-hybridized carbons (Fsp3) is 0.423. The Morgan fingerprint density at radius 2 is 2.02 bits per heavy atom. The number of carbonyl (C=O) groups is 1. The molecule has 1 saturated heterocycles. The summed E-state index contributed by atoms with van der Waals surface area (Å²) in [7, 11) is -3.08. The second-order valence-corrected chi connectivity index (χ2v) is 12.2. The summed E-state index contributed by atoms with van der Waals surface area (Å²) in [6, 6.07) is 6.96. The van der Waals surface area contributed by atoms with Crippen molar-refractivity contribution >= 4 is 41.7 Å². The van der Waals surface area contributed by atoms with Gasteiger partial charge in [-0.15, -0.1) is 0 Å². The van der Waals surface area contributed by atoms with E-state index in [2.05, 4.69) is 25.0 Å². The smallest absolute Gasteiger partial charge is 0.459 e. The van der Waals surface area contributed by atoms with Gasteiger partial charge < -0.3 is 35.1 Å². The molecule has 6 atom stereocenters. The molecule has 4 heterocycles. The van der Waals surface area contributed by atoms with Gasteiger partial charge in [0.15, 0.2) is 17.4 Å². The van der Waals surface area contributed by atoms with E-state index in [0.29, 0.717) is 10.9 Å². The van der Waals surface area contributed by atoms with Gasteiger partial charge >= 0.3 is 13.7 Å². The van der Waals surface area contributed by atoms with Gasteiger partial charge in [-0.2, -0.15) is 15.1 Å². The van der Waals surface area contributed by atoms with Crippen molar-refractivity contribution in [3.8, 4) is 11.6 Å². The molecule has 43 heavy (non-hydrogen) atoms. The van der Waals surface area contributed by atoms with Crippen molar-refractivity contribution in [2.75, 3.05) is 19.5 Å². The highest BCUT2D eigenvalue weighted by atomic mass is 31.2. The number of aliphatic hydroxyl groups is 2. The number of nitrogens with two attached hydrogens (primary N) is 1. The summed E-state index contributed by atoms with van der Waals surface area (Å²) < 4.78 is 38.3. The second kappa shape index (κ2) is 11.6. The summed E-state index contributed by atoms with van der Waals surface area (Å²) >= 11 is 0. The number of fused-ring (bicyclic) bond motifs is 2. The quantitative estimate of drug-likeness (QED) is 0.151. The molecular formula is C26H32N7O9P. The molecule has 17 heteroatoms. The minimum atomic E-state index is -4.47. The maximum Gasteiger partial charge on any atom is 0.459 e. The van der Waals surface area contributed by atoms with Gasteiger partial charge in [-0.05, 0) is 37.1 Å². The molecule has 5 rings (SSSR count). The molecular weight excluding hydrogens is 585 g/mol. The third kappa shape index (κ3) is 5.85. The first-order valence-corrected chi connectivity index (χ1v) is 14.8. The largest absolute Gasteiger partial charge is 0.480 e. The average Bonchev–Trinajstić information content (AvgIpc) is 3.47. The van der Waals surface area contributed by atoms with Crippen molar-refractivity contribution in [2.24, 2.45) is 5.92 Å². The van der Waals surface area contributed by atoms with Gasteiger partial charge in [0, 0.05) is 11.6 Å². The topological polar surface area (TPSA) is 226 Å². The normalized spacial score (nSPS) is 24.3. The predicted octanol–water partition coefficient (Wildman–Crippen LogP) is 1.88. The van der Waals surface area contributed by atoms with Crippen LogP contribution in [-0.4, -0.2) is 83.4 Å². The Kier molecular flexibility index (Phi) is 8.26. The van der Waals surface area contributed by atoms with Crippen LogP contribution in [0.5, 0.6) is 11.6 Å². The van der Waals surface area contributed by atoms with E-state index in [-0.39, 0.29) is 28.7 Å². The summed E-state index contributed by atoms with van der Waals surface area (Å²) in [5, 5.41) is 35.2. The number of aromatic nitrogens is 5. The number of methoxy groups -OCH3 is 1. The fourth-order valence-corrected chi connectivity index (χ4v) is 6.49. The molecule has 6 N–H and O–H groups in total. The van der Waals surface area contributed by atoms with Crippen LogP contribution < -0.4 is 20.1 Å². The molecule has 0 aliphatic carbocycles. The predicted molar refractivity (Wildman–Crippen MR) is 152 cm³/mol. The maximum absolute atomic E-state index is 14.2. The molecule has 0 radical (unpaired) electrons. The number of pyridine rings is 1. The molecule has 3 aromatic heterocycles. The zero-order chi connectivity index (χ0) is 31.1. The standard InChI is InChI=1S/C26H32N7O9P/c1-13(2)18(23(35)36)32-43(38,42-16-9-5-8-15-14(16)7-6-10-28-15)40-11-17-20(34)26(3,37)24(41-17)33-12-29-19-21(33)30-25(27)31-22(19)39-4/h5-10,12-13,17-18,20,24,34,37H,11H2,1-4H3,(H,32,38)(H,35,36)(H2,27,30,31)/t17-,18?,20-,24?,26-,43?/m1/s1. The molecule has 0 saturated carbocycles. The van der Waals surface area contributed by atoms with Crippen LogP contribution in [0.1, 0.15) is 27.0 Å². The molecule has 0 bridgehead atoms.